The van der Waals surface area contributed by atoms with Crippen LogP contribution in [-0.4, -0.2) is 35.8 Å². The Morgan fingerprint density at radius 3 is 3.00 bits per heavy atom. The fourth-order valence-electron chi connectivity index (χ4n) is 2.29. The van der Waals surface area contributed by atoms with Crippen molar-refractivity contribution >= 4 is 11.8 Å². The van der Waals surface area contributed by atoms with E-state index in [2.05, 4.69) is 18.5 Å². The van der Waals surface area contributed by atoms with Crippen molar-refractivity contribution < 1.29 is 5.11 Å². The van der Waals surface area contributed by atoms with Crippen LogP contribution >= 0.6 is 11.8 Å². The van der Waals surface area contributed by atoms with Crippen LogP contribution in [0.15, 0.2) is 0 Å². The fourth-order valence-corrected chi connectivity index (χ4v) is 2.64. The van der Waals surface area contributed by atoms with Gasteiger partial charge in [0.2, 0.25) is 0 Å². The molecule has 0 aromatic heterocycles. The molecule has 0 aromatic rings. The Morgan fingerprint density at radius 1 is 1.57 bits per heavy atom. The molecule has 0 saturated heterocycles. The molecule has 1 aliphatic carbocycles. The maximum absolute atomic E-state index is 10.3. The highest BCUT2D eigenvalue weighted by Crippen LogP contribution is 2.31. The van der Waals surface area contributed by atoms with E-state index in [0.717, 1.165) is 31.7 Å². The van der Waals surface area contributed by atoms with Crippen LogP contribution in [0.2, 0.25) is 0 Å². The predicted octanol–water partition coefficient (Wildman–Crippen LogP) is 1.88. The lowest BCUT2D eigenvalue weighted by Gasteiger charge is -2.35. The maximum atomic E-state index is 10.3. The molecule has 0 bridgehead atoms. The van der Waals surface area contributed by atoms with Gasteiger partial charge in [-0.2, -0.15) is 11.8 Å². The zero-order chi connectivity index (χ0) is 10.4. The molecule has 0 radical (unpaired) electrons. The highest BCUT2D eigenvalue weighted by atomic mass is 32.2. The minimum atomic E-state index is -0.421. The van der Waals surface area contributed by atoms with Crippen molar-refractivity contribution in [3.05, 3.63) is 0 Å². The lowest BCUT2D eigenvalue weighted by Crippen LogP contribution is -2.44. The molecule has 2 nitrogen and oxygen atoms in total. The summed E-state index contributed by atoms with van der Waals surface area (Å²) >= 11 is 1.84. The first-order valence-electron chi connectivity index (χ1n) is 5.58. The van der Waals surface area contributed by atoms with E-state index in [4.69, 9.17) is 0 Å². The van der Waals surface area contributed by atoms with Gasteiger partial charge in [-0.25, -0.2) is 0 Å². The summed E-state index contributed by atoms with van der Waals surface area (Å²) in [7, 11) is 0. The molecule has 1 fully saturated rings. The number of aliphatic hydroxyl groups is 1. The summed E-state index contributed by atoms with van der Waals surface area (Å²) in [5.41, 5.74) is -0.421. The molecule has 0 aliphatic heterocycles. The maximum Gasteiger partial charge on any atom is 0.0774 e. The first-order valence-corrected chi connectivity index (χ1v) is 6.98. The van der Waals surface area contributed by atoms with E-state index < -0.39 is 5.60 Å². The van der Waals surface area contributed by atoms with Gasteiger partial charge in [0.05, 0.1) is 5.60 Å². The van der Waals surface area contributed by atoms with E-state index in [1.807, 2.05) is 11.8 Å². The largest absolute Gasteiger partial charge is 0.389 e. The highest BCUT2D eigenvalue weighted by molar-refractivity contribution is 7.98. The van der Waals surface area contributed by atoms with Crippen LogP contribution in [-0.2, 0) is 0 Å². The molecule has 2 N–H and O–H groups in total. The van der Waals surface area contributed by atoms with Gasteiger partial charge >= 0.3 is 0 Å². The second kappa shape index (κ2) is 5.99. The van der Waals surface area contributed by atoms with Crippen LogP contribution in [0.1, 0.15) is 32.6 Å². The average molecular weight is 217 g/mol. The zero-order valence-electron chi connectivity index (χ0n) is 9.38. The summed E-state index contributed by atoms with van der Waals surface area (Å²) in [5.74, 6) is 1.82. The molecule has 14 heavy (non-hydrogen) atoms. The number of hydrogen-bond donors (Lipinski definition) is 2. The highest BCUT2D eigenvalue weighted by Gasteiger charge is 2.31. The molecule has 2 unspecified atom stereocenters. The molecule has 84 valence electrons. The molecule has 0 amide bonds. The number of hydrogen-bond acceptors (Lipinski definition) is 3. The Balaban J connectivity index is 2.19. The first kappa shape index (κ1) is 12.3. The molecule has 2 atom stereocenters. The quantitative estimate of drug-likeness (QED) is 0.690. The third kappa shape index (κ3) is 4.20. The summed E-state index contributed by atoms with van der Waals surface area (Å²) in [6, 6.07) is 0. The van der Waals surface area contributed by atoms with Crippen molar-refractivity contribution in [3.63, 3.8) is 0 Å². The predicted molar refractivity (Wildman–Crippen MR) is 63.8 cm³/mol. The van der Waals surface area contributed by atoms with Crippen molar-refractivity contribution in [2.45, 2.75) is 38.2 Å². The molecule has 3 heteroatoms. The van der Waals surface area contributed by atoms with Crippen molar-refractivity contribution in [2.24, 2.45) is 5.92 Å². The summed E-state index contributed by atoms with van der Waals surface area (Å²) < 4.78 is 0. The van der Waals surface area contributed by atoms with Crippen LogP contribution in [0, 0.1) is 5.92 Å². The Hall–Kier alpha value is 0.270. The van der Waals surface area contributed by atoms with Gasteiger partial charge in [-0.05, 0) is 25.0 Å². The van der Waals surface area contributed by atoms with E-state index in [0.29, 0.717) is 5.92 Å². The molecule has 0 heterocycles. The van der Waals surface area contributed by atoms with Gasteiger partial charge in [0.15, 0.2) is 0 Å². The topological polar surface area (TPSA) is 32.3 Å². The van der Waals surface area contributed by atoms with Crippen molar-refractivity contribution in [1.29, 1.82) is 0 Å². The minimum Gasteiger partial charge on any atom is -0.389 e. The van der Waals surface area contributed by atoms with Gasteiger partial charge < -0.3 is 10.4 Å². The Kier molecular flexibility index (Phi) is 5.28. The number of thioether (sulfide) groups is 1. The summed E-state index contributed by atoms with van der Waals surface area (Å²) in [6.07, 6.45) is 6.52. The average Bonchev–Trinajstić information content (AvgIpc) is 2.12. The van der Waals surface area contributed by atoms with Crippen LogP contribution in [0.5, 0.6) is 0 Å². The van der Waals surface area contributed by atoms with Crippen LogP contribution in [0.25, 0.3) is 0 Å². The number of rotatable bonds is 5. The third-order valence-corrected chi connectivity index (χ3v) is 3.62. The minimum absolute atomic E-state index is 0.421. The lowest BCUT2D eigenvalue weighted by molar-refractivity contribution is -0.0112. The second-order valence-electron chi connectivity index (χ2n) is 4.60. The SMILES string of the molecule is CSCCNCC1(O)CCCC(C)C1. The molecule has 0 spiro atoms. The first-order chi connectivity index (χ1) is 6.66. The van der Waals surface area contributed by atoms with Gasteiger partial charge in [-0.3, -0.25) is 0 Å². The third-order valence-electron chi connectivity index (χ3n) is 3.00. The monoisotopic (exact) mass is 217 g/mol. The van der Waals surface area contributed by atoms with E-state index in [9.17, 15) is 5.11 Å². The zero-order valence-corrected chi connectivity index (χ0v) is 10.2. The van der Waals surface area contributed by atoms with Crippen molar-refractivity contribution in [3.8, 4) is 0 Å². The molecule has 1 aliphatic rings. The van der Waals surface area contributed by atoms with Gasteiger partial charge in [0.25, 0.3) is 0 Å². The standard InChI is InChI=1S/C11H23NOS/c1-10-4-3-5-11(13,8-10)9-12-6-7-14-2/h10,12-13H,3-9H2,1-2H3. The fraction of sp³-hybridized carbons (Fsp3) is 1.00. The second-order valence-corrected chi connectivity index (χ2v) is 5.58. The molecule has 0 aromatic carbocycles. The normalized spacial score (nSPS) is 33.2. The molecule has 1 rings (SSSR count). The Morgan fingerprint density at radius 2 is 2.36 bits per heavy atom. The molecule has 1 saturated carbocycles. The van der Waals surface area contributed by atoms with Crippen molar-refractivity contribution in [2.75, 3.05) is 25.1 Å². The van der Waals surface area contributed by atoms with E-state index in [1.165, 1.54) is 12.8 Å². The van der Waals surface area contributed by atoms with Crippen LogP contribution in [0.4, 0.5) is 0 Å². The summed E-state index contributed by atoms with van der Waals surface area (Å²) in [4.78, 5) is 0. The van der Waals surface area contributed by atoms with E-state index >= 15 is 0 Å². The molecular weight excluding hydrogens is 194 g/mol. The van der Waals surface area contributed by atoms with E-state index in [-0.39, 0.29) is 0 Å². The van der Waals surface area contributed by atoms with Gasteiger partial charge in [0, 0.05) is 18.8 Å². The van der Waals surface area contributed by atoms with Crippen molar-refractivity contribution in [1.82, 2.24) is 5.32 Å². The summed E-state index contributed by atoms with van der Waals surface area (Å²) in [6.45, 7) is 4.03. The van der Waals surface area contributed by atoms with Crippen LogP contribution in [0.3, 0.4) is 0 Å². The Bertz CT molecular complexity index is 165. The lowest BCUT2D eigenvalue weighted by atomic mass is 9.79. The summed E-state index contributed by atoms with van der Waals surface area (Å²) in [5, 5.41) is 13.6. The Labute approximate surface area is 91.9 Å². The smallest absolute Gasteiger partial charge is 0.0774 e. The van der Waals surface area contributed by atoms with Gasteiger partial charge in [0.1, 0.15) is 0 Å². The number of nitrogens with one attached hydrogen (secondary N) is 1. The van der Waals surface area contributed by atoms with Gasteiger partial charge in [-0.15, -0.1) is 0 Å². The van der Waals surface area contributed by atoms with Crippen LogP contribution < -0.4 is 5.32 Å². The van der Waals surface area contributed by atoms with Gasteiger partial charge in [-0.1, -0.05) is 19.8 Å². The molecular formula is C11H23NOS. The van der Waals surface area contributed by atoms with E-state index in [1.54, 1.807) is 0 Å².